The van der Waals surface area contributed by atoms with Crippen LogP contribution in [0.25, 0.3) is 0 Å². The van der Waals surface area contributed by atoms with Crippen LogP contribution in [-0.4, -0.2) is 41.9 Å². The van der Waals surface area contributed by atoms with E-state index in [0.717, 1.165) is 0 Å². The number of carbonyl (C=O) groups is 2. The van der Waals surface area contributed by atoms with Crippen LogP contribution in [0.5, 0.6) is 5.75 Å². The number of benzene rings is 1. The SMILES string of the molecule is C=CCOc1ccccc1C(=O)N1CCNC(=O)C1(C)C. The molecule has 5 nitrogen and oxygen atoms in total. The summed E-state index contributed by atoms with van der Waals surface area (Å²) in [6.45, 7) is 8.35. The van der Waals surface area contributed by atoms with Gasteiger partial charge in [-0.05, 0) is 26.0 Å². The molecule has 0 spiro atoms. The number of amides is 2. The van der Waals surface area contributed by atoms with Gasteiger partial charge in [0.15, 0.2) is 0 Å². The Balaban J connectivity index is 2.31. The maximum atomic E-state index is 12.8. The lowest BCUT2D eigenvalue weighted by Gasteiger charge is -2.41. The van der Waals surface area contributed by atoms with Crippen molar-refractivity contribution in [3.8, 4) is 5.75 Å². The third-order valence-electron chi connectivity index (χ3n) is 3.57. The number of nitrogens with zero attached hydrogens (tertiary/aromatic N) is 1. The number of para-hydroxylation sites is 1. The molecule has 21 heavy (non-hydrogen) atoms. The highest BCUT2D eigenvalue weighted by Crippen LogP contribution is 2.25. The summed E-state index contributed by atoms with van der Waals surface area (Å²) in [6.07, 6.45) is 1.62. The molecule has 1 fully saturated rings. The maximum Gasteiger partial charge on any atom is 0.258 e. The second-order valence-electron chi connectivity index (χ2n) is 5.37. The molecule has 0 atom stereocenters. The van der Waals surface area contributed by atoms with Crippen molar-refractivity contribution in [2.24, 2.45) is 0 Å². The Morgan fingerprint density at radius 2 is 2.19 bits per heavy atom. The summed E-state index contributed by atoms with van der Waals surface area (Å²) in [5.41, 5.74) is -0.414. The summed E-state index contributed by atoms with van der Waals surface area (Å²) in [4.78, 5) is 26.3. The van der Waals surface area contributed by atoms with E-state index >= 15 is 0 Å². The van der Waals surface area contributed by atoms with Crippen molar-refractivity contribution in [3.63, 3.8) is 0 Å². The third-order valence-corrected chi connectivity index (χ3v) is 3.57. The average Bonchev–Trinajstić information content (AvgIpc) is 2.47. The van der Waals surface area contributed by atoms with Crippen molar-refractivity contribution < 1.29 is 14.3 Å². The molecule has 112 valence electrons. The molecule has 1 aliphatic heterocycles. The van der Waals surface area contributed by atoms with Crippen molar-refractivity contribution in [1.29, 1.82) is 0 Å². The lowest BCUT2D eigenvalue weighted by Crippen LogP contribution is -2.63. The number of hydrogen-bond donors (Lipinski definition) is 1. The number of piperazine rings is 1. The van der Waals surface area contributed by atoms with Gasteiger partial charge < -0.3 is 15.0 Å². The zero-order valence-electron chi connectivity index (χ0n) is 12.4. The standard InChI is InChI=1S/C16H20N2O3/c1-4-11-21-13-8-6-5-7-12(13)14(19)18-10-9-17-15(20)16(18,2)3/h4-8H,1,9-11H2,2-3H3,(H,17,20). The topological polar surface area (TPSA) is 58.6 Å². The third kappa shape index (κ3) is 2.91. The van der Waals surface area contributed by atoms with Crippen LogP contribution < -0.4 is 10.1 Å². The molecule has 2 rings (SSSR count). The molecule has 1 saturated heterocycles. The highest BCUT2D eigenvalue weighted by atomic mass is 16.5. The second kappa shape index (κ2) is 5.99. The molecule has 5 heteroatoms. The van der Waals surface area contributed by atoms with E-state index in [1.807, 2.05) is 6.07 Å². The minimum Gasteiger partial charge on any atom is -0.489 e. The van der Waals surface area contributed by atoms with E-state index in [0.29, 0.717) is 31.0 Å². The van der Waals surface area contributed by atoms with Gasteiger partial charge in [0.2, 0.25) is 5.91 Å². The molecule has 1 aromatic rings. The molecular weight excluding hydrogens is 268 g/mol. The van der Waals surface area contributed by atoms with Gasteiger partial charge in [-0.1, -0.05) is 24.8 Å². The molecule has 0 aliphatic carbocycles. The fourth-order valence-corrected chi connectivity index (χ4v) is 2.32. The molecule has 0 saturated carbocycles. The van der Waals surface area contributed by atoms with E-state index < -0.39 is 5.54 Å². The summed E-state index contributed by atoms with van der Waals surface area (Å²) in [5.74, 6) is 0.158. The lowest BCUT2D eigenvalue weighted by molar-refractivity contribution is -0.133. The van der Waals surface area contributed by atoms with Crippen molar-refractivity contribution in [2.75, 3.05) is 19.7 Å². The predicted octanol–water partition coefficient (Wildman–Crippen LogP) is 1.60. The van der Waals surface area contributed by atoms with Crippen LogP contribution in [0, 0.1) is 0 Å². The van der Waals surface area contributed by atoms with Gasteiger partial charge in [0.25, 0.3) is 5.91 Å². The minimum atomic E-state index is -0.874. The smallest absolute Gasteiger partial charge is 0.258 e. The minimum absolute atomic E-state index is 0.147. The highest BCUT2D eigenvalue weighted by Gasteiger charge is 2.41. The molecule has 2 amide bonds. The monoisotopic (exact) mass is 288 g/mol. The lowest BCUT2D eigenvalue weighted by atomic mass is 9.97. The molecule has 1 heterocycles. The van der Waals surface area contributed by atoms with Gasteiger partial charge in [0, 0.05) is 13.1 Å². The van der Waals surface area contributed by atoms with Crippen LogP contribution in [0.1, 0.15) is 24.2 Å². The van der Waals surface area contributed by atoms with Crippen molar-refractivity contribution >= 4 is 11.8 Å². The first-order chi connectivity index (χ1) is 9.98. The molecule has 1 N–H and O–H groups in total. The maximum absolute atomic E-state index is 12.8. The largest absolute Gasteiger partial charge is 0.489 e. The highest BCUT2D eigenvalue weighted by molar-refractivity contribution is 6.01. The van der Waals surface area contributed by atoms with E-state index in [1.54, 1.807) is 43.0 Å². The van der Waals surface area contributed by atoms with E-state index in [-0.39, 0.29) is 11.8 Å². The fraction of sp³-hybridized carbons (Fsp3) is 0.375. The Hall–Kier alpha value is -2.30. The fourth-order valence-electron chi connectivity index (χ4n) is 2.32. The van der Waals surface area contributed by atoms with Crippen molar-refractivity contribution in [3.05, 3.63) is 42.5 Å². The molecule has 0 aromatic heterocycles. The Kier molecular flexibility index (Phi) is 4.31. The van der Waals surface area contributed by atoms with E-state index in [9.17, 15) is 9.59 Å². The summed E-state index contributed by atoms with van der Waals surface area (Å²) < 4.78 is 5.53. The summed E-state index contributed by atoms with van der Waals surface area (Å²) >= 11 is 0. The molecular formula is C16H20N2O3. The van der Waals surface area contributed by atoms with Crippen molar-refractivity contribution in [1.82, 2.24) is 10.2 Å². The van der Waals surface area contributed by atoms with Crippen LogP contribution in [0.4, 0.5) is 0 Å². The Labute approximate surface area is 124 Å². The summed E-state index contributed by atoms with van der Waals surface area (Å²) in [7, 11) is 0. The number of hydrogen-bond acceptors (Lipinski definition) is 3. The van der Waals surface area contributed by atoms with Gasteiger partial charge in [-0.25, -0.2) is 0 Å². The Morgan fingerprint density at radius 3 is 2.90 bits per heavy atom. The number of ether oxygens (including phenoxy) is 1. The number of rotatable bonds is 4. The second-order valence-corrected chi connectivity index (χ2v) is 5.37. The van der Waals surface area contributed by atoms with Gasteiger partial charge in [0.05, 0.1) is 5.56 Å². The van der Waals surface area contributed by atoms with E-state index in [2.05, 4.69) is 11.9 Å². The number of nitrogens with one attached hydrogen (secondary N) is 1. The first kappa shape index (κ1) is 15.1. The quantitative estimate of drug-likeness (QED) is 0.856. The Bertz CT molecular complexity index is 566. The molecule has 1 aliphatic rings. The first-order valence-corrected chi connectivity index (χ1v) is 6.91. The van der Waals surface area contributed by atoms with Crippen LogP contribution in [-0.2, 0) is 4.79 Å². The van der Waals surface area contributed by atoms with Crippen molar-refractivity contribution in [2.45, 2.75) is 19.4 Å². The molecule has 0 bridgehead atoms. The van der Waals surface area contributed by atoms with Crippen LogP contribution >= 0.6 is 0 Å². The van der Waals surface area contributed by atoms with Gasteiger partial charge >= 0.3 is 0 Å². The van der Waals surface area contributed by atoms with Gasteiger partial charge in [-0.3, -0.25) is 9.59 Å². The zero-order valence-corrected chi connectivity index (χ0v) is 12.4. The Morgan fingerprint density at radius 1 is 1.48 bits per heavy atom. The molecule has 0 radical (unpaired) electrons. The average molecular weight is 288 g/mol. The van der Waals surface area contributed by atoms with Gasteiger partial charge in [-0.15, -0.1) is 0 Å². The van der Waals surface area contributed by atoms with Crippen LogP contribution in [0.2, 0.25) is 0 Å². The van der Waals surface area contributed by atoms with Crippen LogP contribution in [0.3, 0.4) is 0 Å². The van der Waals surface area contributed by atoms with Gasteiger partial charge in [0.1, 0.15) is 17.9 Å². The molecule has 0 unspecified atom stereocenters. The number of carbonyl (C=O) groups excluding carboxylic acids is 2. The normalized spacial score (nSPS) is 17.0. The summed E-state index contributed by atoms with van der Waals surface area (Å²) in [5, 5.41) is 2.78. The van der Waals surface area contributed by atoms with E-state index in [1.165, 1.54) is 0 Å². The van der Waals surface area contributed by atoms with Crippen LogP contribution in [0.15, 0.2) is 36.9 Å². The van der Waals surface area contributed by atoms with E-state index in [4.69, 9.17) is 4.74 Å². The summed E-state index contributed by atoms with van der Waals surface area (Å²) in [6, 6.07) is 7.05. The predicted molar refractivity (Wildman–Crippen MR) is 80.3 cm³/mol. The molecule has 1 aromatic carbocycles. The zero-order chi connectivity index (χ0) is 15.5. The van der Waals surface area contributed by atoms with Gasteiger partial charge in [-0.2, -0.15) is 0 Å². The first-order valence-electron chi connectivity index (χ1n) is 6.91.